The van der Waals surface area contributed by atoms with Gasteiger partial charge in [-0.2, -0.15) is 0 Å². The van der Waals surface area contributed by atoms with Crippen molar-refractivity contribution in [3.63, 3.8) is 0 Å². The molecule has 0 saturated carbocycles. The standard InChI is InChI=1S/C22H23F2N5O3/c1-4-29-21(32)13-8-5-6-11-16(13)25-22(29)28-27-20(31)18(12(2)3)26-19(30)17-14(23)9-7-10-15(17)24/h5-12,18H,4H2,1-3H3,(H,25,28)(H,26,30)(H,27,31)/t18-/m1/s1. The number of anilines is 1. The van der Waals surface area contributed by atoms with Gasteiger partial charge in [-0.25, -0.2) is 13.8 Å². The first-order chi connectivity index (χ1) is 15.2. The van der Waals surface area contributed by atoms with Crippen LogP contribution < -0.4 is 21.7 Å². The molecule has 1 aromatic heterocycles. The fraction of sp³-hybridized carbons (Fsp3) is 0.273. The molecule has 0 aliphatic rings. The van der Waals surface area contributed by atoms with E-state index in [4.69, 9.17) is 0 Å². The van der Waals surface area contributed by atoms with Crippen LogP contribution in [0.4, 0.5) is 14.7 Å². The van der Waals surface area contributed by atoms with Crippen molar-refractivity contribution in [2.75, 3.05) is 5.43 Å². The van der Waals surface area contributed by atoms with Crippen molar-refractivity contribution < 1.29 is 18.4 Å². The van der Waals surface area contributed by atoms with E-state index in [1.165, 1.54) is 4.57 Å². The molecule has 168 valence electrons. The Balaban J connectivity index is 1.80. The summed E-state index contributed by atoms with van der Waals surface area (Å²) < 4.78 is 29.2. The van der Waals surface area contributed by atoms with E-state index in [2.05, 4.69) is 21.2 Å². The summed E-state index contributed by atoms with van der Waals surface area (Å²) in [6, 6.07) is 8.74. The van der Waals surface area contributed by atoms with Gasteiger partial charge in [0.1, 0.15) is 23.2 Å². The lowest BCUT2D eigenvalue weighted by molar-refractivity contribution is -0.123. The molecule has 0 saturated heterocycles. The Bertz CT molecular complexity index is 1210. The number of nitrogens with zero attached hydrogens (tertiary/aromatic N) is 2. The molecule has 0 bridgehead atoms. The summed E-state index contributed by atoms with van der Waals surface area (Å²) in [7, 11) is 0. The zero-order valence-corrected chi connectivity index (χ0v) is 17.8. The van der Waals surface area contributed by atoms with Crippen molar-refractivity contribution in [3.8, 4) is 0 Å². The Kier molecular flexibility index (Phi) is 6.82. The summed E-state index contributed by atoms with van der Waals surface area (Å²) in [4.78, 5) is 42.2. The van der Waals surface area contributed by atoms with E-state index in [1.54, 1.807) is 45.0 Å². The van der Waals surface area contributed by atoms with Gasteiger partial charge in [0.15, 0.2) is 0 Å². The van der Waals surface area contributed by atoms with Gasteiger partial charge >= 0.3 is 0 Å². The molecule has 1 heterocycles. The molecule has 2 amide bonds. The lowest BCUT2D eigenvalue weighted by atomic mass is 10.0. The lowest BCUT2D eigenvalue weighted by Crippen LogP contribution is -2.51. The van der Waals surface area contributed by atoms with Crippen molar-refractivity contribution in [2.45, 2.75) is 33.4 Å². The number of para-hydroxylation sites is 1. The third-order valence-corrected chi connectivity index (χ3v) is 4.90. The van der Waals surface area contributed by atoms with Gasteiger partial charge in [-0.1, -0.05) is 32.0 Å². The molecular formula is C22H23F2N5O3. The van der Waals surface area contributed by atoms with Crippen molar-refractivity contribution in [3.05, 3.63) is 70.0 Å². The molecule has 10 heteroatoms. The zero-order valence-electron chi connectivity index (χ0n) is 17.8. The molecule has 32 heavy (non-hydrogen) atoms. The van der Waals surface area contributed by atoms with E-state index < -0.39 is 41.0 Å². The van der Waals surface area contributed by atoms with Gasteiger partial charge in [0.2, 0.25) is 5.95 Å². The normalized spacial score (nSPS) is 11.9. The third kappa shape index (κ3) is 4.58. The number of hydrazine groups is 1. The minimum absolute atomic E-state index is 0.110. The SMILES string of the molecule is CCn1c(NNC(=O)[C@H](NC(=O)c2c(F)cccc2F)C(C)C)nc2ccccc2c1=O. The second kappa shape index (κ2) is 9.54. The number of aromatic nitrogens is 2. The fourth-order valence-electron chi connectivity index (χ4n) is 3.22. The molecule has 0 aliphatic heterocycles. The van der Waals surface area contributed by atoms with E-state index >= 15 is 0 Å². The third-order valence-electron chi connectivity index (χ3n) is 4.90. The van der Waals surface area contributed by atoms with Crippen molar-refractivity contribution >= 4 is 28.7 Å². The summed E-state index contributed by atoms with van der Waals surface area (Å²) >= 11 is 0. The maximum absolute atomic E-state index is 13.9. The average molecular weight is 443 g/mol. The number of halogens is 2. The Morgan fingerprint density at radius 1 is 1.06 bits per heavy atom. The summed E-state index contributed by atoms with van der Waals surface area (Å²) in [6.45, 7) is 5.38. The number of hydrogen-bond acceptors (Lipinski definition) is 5. The second-order valence-corrected chi connectivity index (χ2v) is 7.41. The van der Waals surface area contributed by atoms with E-state index in [0.717, 1.165) is 18.2 Å². The topological polar surface area (TPSA) is 105 Å². The number of nitrogens with one attached hydrogen (secondary N) is 3. The largest absolute Gasteiger partial charge is 0.340 e. The number of rotatable bonds is 7. The molecule has 0 radical (unpaired) electrons. The molecule has 8 nitrogen and oxygen atoms in total. The smallest absolute Gasteiger partial charge is 0.262 e. The van der Waals surface area contributed by atoms with E-state index in [9.17, 15) is 23.2 Å². The number of benzene rings is 2. The van der Waals surface area contributed by atoms with Crippen LogP contribution in [0.15, 0.2) is 47.3 Å². The first-order valence-electron chi connectivity index (χ1n) is 10.0. The van der Waals surface area contributed by atoms with E-state index in [0.29, 0.717) is 17.4 Å². The molecule has 3 N–H and O–H groups in total. The predicted molar refractivity (Wildman–Crippen MR) is 116 cm³/mol. The summed E-state index contributed by atoms with van der Waals surface area (Å²) in [5.41, 5.74) is 4.44. The van der Waals surface area contributed by atoms with Crippen LogP contribution in [0.3, 0.4) is 0 Å². The highest BCUT2D eigenvalue weighted by Crippen LogP contribution is 2.14. The monoisotopic (exact) mass is 443 g/mol. The second-order valence-electron chi connectivity index (χ2n) is 7.41. The van der Waals surface area contributed by atoms with Crippen molar-refractivity contribution in [2.24, 2.45) is 5.92 Å². The molecule has 2 aromatic carbocycles. The first-order valence-corrected chi connectivity index (χ1v) is 10.0. The Morgan fingerprint density at radius 3 is 2.34 bits per heavy atom. The minimum Gasteiger partial charge on any atom is -0.340 e. The molecule has 0 unspecified atom stereocenters. The van der Waals surface area contributed by atoms with E-state index in [1.807, 2.05) is 0 Å². The molecule has 0 aliphatic carbocycles. The van der Waals surface area contributed by atoms with Gasteiger partial charge in [-0.3, -0.25) is 29.8 Å². The minimum atomic E-state index is -1.11. The van der Waals surface area contributed by atoms with Gasteiger partial charge in [-0.05, 0) is 37.1 Å². The summed E-state index contributed by atoms with van der Waals surface area (Å²) in [5.74, 6) is -4.09. The number of amides is 2. The van der Waals surface area contributed by atoms with Crippen LogP contribution in [0.5, 0.6) is 0 Å². The molecule has 0 spiro atoms. The Labute approximate surface area is 182 Å². The Morgan fingerprint density at radius 2 is 1.72 bits per heavy atom. The van der Waals surface area contributed by atoms with E-state index in [-0.39, 0.29) is 11.5 Å². The Hall–Kier alpha value is -3.82. The van der Waals surface area contributed by atoms with Crippen LogP contribution in [0.25, 0.3) is 10.9 Å². The highest BCUT2D eigenvalue weighted by molar-refractivity contribution is 5.98. The lowest BCUT2D eigenvalue weighted by Gasteiger charge is -2.22. The summed E-state index contributed by atoms with van der Waals surface area (Å²) in [5, 5.41) is 2.80. The van der Waals surface area contributed by atoms with Gasteiger partial charge in [0, 0.05) is 6.54 Å². The summed E-state index contributed by atoms with van der Waals surface area (Å²) in [6.07, 6.45) is 0. The molecule has 3 aromatic rings. The molecular weight excluding hydrogens is 420 g/mol. The van der Waals surface area contributed by atoms with Gasteiger partial charge in [0.05, 0.1) is 10.9 Å². The number of carbonyl (C=O) groups is 2. The van der Waals surface area contributed by atoms with Crippen LogP contribution in [0.2, 0.25) is 0 Å². The van der Waals surface area contributed by atoms with Crippen LogP contribution in [-0.2, 0) is 11.3 Å². The van der Waals surface area contributed by atoms with Crippen molar-refractivity contribution in [1.29, 1.82) is 0 Å². The maximum atomic E-state index is 13.9. The molecule has 3 rings (SSSR count). The highest BCUT2D eigenvalue weighted by Gasteiger charge is 2.27. The average Bonchev–Trinajstić information content (AvgIpc) is 2.75. The zero-order chi connectivity index (χ0) is 23.4. The van der Waals surface area contributed by atoms with Gasteiger partial charge < -0.3 is 5.32 Å². The van der Waals surface area contributed by atoms with Crippen LogP contribution in [-0.4, -0.2) is 27.4 Å². The quantitative estimate of drug-likeness (QED) is 0.487. The highest BCUT2D eigenvalue weighted by atomic mass is 19.1. The predicted octanol–water partition coefficient (Wildman–Crippen LogP) is 2.59. The van der Waals surface area contributed by atoms with Crippen LogP contribution in [0.1, 0.15) is 31.1 Å². The van der Waals surface area contributed by atoms with Crippen LogP contribution >= 0.6 is 0 Å². The maximum Gasteiger partial charge on any atom is 0.262 e. The fourth-order valence-corrected chi connectivity index (χ4v) is 3.22. The van der Waals surface area contributed by atoms with Crippen LogP contribution in [0, 0.1) is 17.6 Å². The number of fused-ring (bicyclic) bond motifs is 1. The molecule has 1 atom stereocenters. The molecule has 0 fully saturated rings. The van der Waals surface area contributed by atoms with Gasteiger partial charge in [0.25, 0.3) is 17.4 Å². The number of hydrogen-bond donors (Lipinski definition) is 3. The van der Waals surface area contributed by atoms with Gasteiger partial charge in [-0.15, -0.1) is 0 Å². The first kappa shape index (κ1) is 22.9. The van der Waals surface area contributed by atoms with Crippen molar-refractivity contribution in [1.82, 2.24) is 20.3 Å². The number of carbonyl (C=O) groups excluding carboxylic acids is 2.